The van der Waals surface area contributed by atoms with Gasteiger partial charge in [0.1, 0.15) is 5.82 Å². The summed E-state index contributed by atoms with van der Waals surface area (Å²) in [5.74, 6) is -0.161. The molecule has 108 valence electrons. The Kier molecular flexibility index (Phi) is 6.85. The fourth-order valence-corrected chi connectivity index (χ4v) is 2.26. The first kappa shape index (κ1) is 16.0. The summed E-state index contributed by atoms with van der Waals surface area (Å²) in [7, 11) is 0. The Balaban J connectivity index is 2.99. The Hall–Kier alpha value is -1.09. The third kappa shape index (κ3) is 4.83. The van der Waals surface area contributed by atoms with E-state index in [1.165, 1.54) is 0 Å². The molecule has 0 aliphatic heterocycles. The van der Waals surface area contributed by atoms with E-state index in [0.29, 0.717) is 12.6 Å². The monoisotopic (exact) mass is 266 g/mol. The maximum absolute atomic E-state index is 13.7. The van der Waals surface area contributed by atoms with Crippen LogP contribution in [-0.4, -0.2) is 19.1 Å². The quantitative estimate of drug-likeness (QED) is 0.777. The molecule has 0 aromatic heterocycles. The highest BCUT2D eigenvalue weighted by molar-refractivity contribution is 5.50. The fraction of sp³-hybridized carbons (Fsp3) is 0.625. The van der Waals surface area contributed by atoms with E-state index >= 15 is 0 Å². The normalized spacial score (nSPS) is 12.5. The lowest BCUT2D eigenvalue weighted by molar-refractivity contribution is 0.587. The fourth-order valence-electron chi connectivity index (χ4n) is 2.26. The van der Waals surface area contributed by atoms with Gasteiger partial charge >= 0.3 is 0 Å². The van der Waals surface area contributed by atoms with Crippen LogP contribution in [0.4, 0.5) is 10.1 Å². The highest BCUT2D eigenvalue weighted by Crippen LogP contribution is 2.23. The lowest BCUT2D eigenvalue weighted by atomic mass is 10.1. The lowest BCUT2D eigenvalue weighted by Gasteiger charge is -2.31. The molecule has 2 nitrogen and oxygen atoms in total. The van der Waals surface area contributed by atoms with E-state index in [2.05, 4.69) is 31.7 Å². The first-order chi connectivity index (χ1) is 9.12. The minimum atomic E-state index is -0.161. The second-order valence-corrected chi connectivity index (χ2v) is 5.16. The number of rotatable bonds is 8. The van der Waals surface area contributed by atoms with Gasteiger partial charge in [0.25, 0.3) is 0 Å². The third-order valence-corrected chi connectivity index (χ3v) is 3.58. The second kappa shape index (κ2) is 8.16. The van der Waals surface area contributed by atoms with E-state index < -0.39 is 0 Å². The highest BCUT2D eigenvalue weighted by atomic mass is 19.1. The Morgan fingerprint density at radius 3 is 2.58 bits per heavy atom. The Morgan fingerprint density at radius 2 is 2.00 bits per heavy atom. The minimum Gasteiger partial charge on any atom is -0.369 e. The smallest absolute Gasteiger partial charge is 0.125 e. The van der Waals surface area contributed by atoms with Crippen LogP contribution < -0.4 is 10.6 Å². The van der Waals surface area contributed by atoms with Gasteiger partial charge in [0, 0.05) is 18.3 Å². The van der Waals surface area contributed by atoms with E-state index in [9.17, 15) is 4.39 Å². The summed E-state index contributed by atoms with van der Waals surface area (Å²) in [6, 6.07) is 5.74. The van der Waals surface area contributed by atoms with E-state index in [1.807, 2.05) is 0 Å². The van der Waals surface area contributed by atoms with Crippen LogP contribution in [0, 0.1) is 5.82 Å². The Labute approximate surface area is 116 Å². The number of anilines is 1. The number of benzene rings is 1. The van der Waals surface area contributed by atoms with Gasteiger partial charge in [-0.1, -0.05) is 20.3 Å². The highest BCUT2D eigenvalue weighted by Gasteiger charge is 2.14. The van der Waals surface area contributed by atoms with Crippen LogP contribution in [0.1, 0.15) is 45.6 Å². The van der Waals surface area contributed by atoms with Gasteiger partial charge in [-0.15, -0.1) is 0 Å². The van der Waals surface area contributed by atoms with E-state index in [4.69, 9.17) is 5.73 Å². The summed E-state index contributed by atoms with van der Waals surface area (Å²) in [5.41, 5.74) is 7.55. The summed E-state index contributed by atoms with van der Waals surface area (Å²) in [5, 5.41) is 0. The average molecular weight is 266 g/mol. The molecule has 1 rings (SSSR count). The Bertz CT molecular complexity index is 379. The number of hydrogen-bond donors (Lipinski definition) is 1. The van der Waals surface area contributed by atoms with Crippen molar-refractivity contribution in [2.75, 3.05) is 18.0 Å². The molecule has 0 aliphatic carbocycles. The number of nitrogens with two attached hydrogens (primary N) is 1. The topological polar surface area (TPSA) is 29.3 Å². The first-order valence-electron chi connectivity index (χ1n) is 7.38. The van der Waals surface area contributed by atoms with Gasteiger partial charge in [-0.2, -0.15) is 0 Å². The summed E-state index contributed by atoms with van der Waals surface area (Å²) in [6.45, 7) is 8.09. The molecule has 1 atom stereocenters. The largest absolute Gasteiger partial charge is 0.369 e. The summed E-state index contributed by atoms with van der Waals surface area (Å²) in [6.07, 6.45) is 4.07. The van der Waals surface area contributed by atoms with Gasteiger partial charge < -0.3 is 10.6 Å². The first-order valence-corrected chi connectivity index (χ1v) is 7.38. The van der Waals surface area contributed by atoms with Crippen LogP contribution in [0.2, 0.25) is 0 Å². The van der Waals surface area contributed by atoms with Crippen LogP contribution in [-0.2, 0) is 6.42 Å². The lowest BCUT2D eigenvalue weighted by Crippen LogP contribution is -2.33. The van der Waals surface area contributed by atoms with Crippen LogP contribution >= 0.6 is 0 Å². The summed E-state index contributed by atoms with van der Waals surface area (Å²) >= 11 is 0. The van der Waals surface area contributed by atoms with E-state index in [-0.39, 0.29) is 5.82 Å². The molecule has 0 amide bonds. The van der Waals surface area contributed by atoms with Crippen molar-refractivity contribution in [1.29, 1.82) is 0 Å². The van der Waals surface area contributed by atoms with Crippen molar-refractivity contribution in [2.24, 2.45) is 5.73 Å². The zero-order chi connectivity index (χ0) is 14.3. The zero-order valence-electron chi connectivity index (χ0n) is 12.5. The molecule has 19 heavy (non-hydrogen) atoms. The van der Waals surface area contributed by atoms with Crippen molar-refractivity contribution in [1.82, 2.24) is 0 Å². The summed E-state index contributed by atoms with van der Waals surface area (Å²) in [4.78, 5) is 2.31. The molecule has 0 bridgehead atoms. The van der Waals surface area contributed by atoms with Gasteiger partial charge in [0.2, 0.25) is 0 Å². The van der Waals surface area contributed by atoms with Gasteiger partial charge in [0.15, 0.2) is 0 Å². The molecule has 1 aromatic rings. The van der Waals surface area contributed by atoms with Crippen molar-refractivity contribution >= 4 is 5.69 Å². The van der Waals surface area contributed by atoms with Crippen LogP contribution in [0.3, 0.4) is 0 Å². The van der Waals surface area contributed by atoms with Crippen LogP contribution in [0.25, 0.3) is 0 Å². The van der Waals surface area contributed by atoms with Crippen molar-refractivity contribution in [2.45, 2.75) is 52.5 Å². The molecule has 0 aliphatic rings. The maximum Gasteiger partial charge on any atom is 0.125 e. The van der Waals surface area contributed by atoms with Crippen molar-refractivity contribution in [3.8, 4) is 0 Å². The van der Waals surface area contributed by atoms with Crippen molar-refractivity contribution < 1.29 is 4.39 Å². The molecule has 1 aromatic carbocycles. The number of nitrogens with zero attached hydrogens (tertiary/aromatic N) is 1. The third-order valence-electron chi connectivity index (χ3n) is 3.58. The van der Waals surface area contributed by atoms with E-state index in [0.717, 1.165) is 43.5 Å². The van der Waals surface area contributed by atoms with Crippen LogP contribution in [0.5, 0.6) is 0 Å². The van der Waals surface area contributed by atoms with Gasteiger partial charge in [-0.05, 0) is 56.5 Å². The molecule has 0 radical (unpaired) electrons. The summed E-state index contributed by atoms with van der Waals surface area (Å²) < 4.78 is 13.7. The number of unbranched alkanes of at least 4 members (excludes halogenated alkanes) is 1. The predicted molar refractivity (Wildman–Crippen MR) is 81.2 cm³/mol. The van der Waals surface area contributed by atoms with Crippen molar-refractivity contribution in [3.05, 3.63) is 29.6 Å². The molecular weight excluding hydrogens is 239 g/mol. The molecular formula is C16H27FN2. The van der Waals surface area contributed by atoms with Gasteiger partial charge in [0.05, 0.1) is 0 Å². The number of hydrogen-bond acceptors (Lipinski definition) is 2. The standard InChI is InChI=1S/C16H27FN2/c1-4-6-9-19(13(3)5-2)16-11-14(7-8-18)10-15(17)12-16/h10-13H,4-9,18H2,1-3H3. The predicted octanol–water partition coefficient (Wildman–Crippen LogP) is 3.73. The zero-order valence-corrected chi connectivity index (χ0v) is 12.5. The second-order valence-electron chi connectivity index (χ2n) is 5.16. The van der Waals surface area contributed by atoms with Gasteiger partial charge in [-0.25, -0.2) is 4.39 Å². The molecule has 0 saturated heterocycles. The molecule has 1 unspecified atom stereocenters. The molecule has 0 fully saturated rings. The maximum atomic E-state index is 13.7. The molecule has 0 saturated carbocycles. The minimum absolute atomic E-state index is 0.161. The van der Waals surface area contributed by atoms with Crippen LogP contribution in [0.15, 0.2) is 18.2 Å². The van der Waals surface area contributed by atoms with Gasteiger partial charge in [-0.3, -0.25) is 0 Å². The Morgan fingerprint density at radius 1 is 1.26 bits per heavy atom. The average Bonchev–Trinajstić information content (AvgIpc) is 2.38. The van der Waals surface area contributed by atoms with Crippen molar-refractivity contribution in [3.63, 3.8) is 0 Å². The molecule has 3 heteroatoms. The molecule has 2 N–H and O–H groups in total. The van der Waals surface area contributed by atoms with E-state index in [1.54, 1.807) is 12.1 Å². The molecule has 0 heterocycles. The SMILES string of the molecule is CCCCN(c1cc(F)cc(CCN)c1)C(C)CC. The molecule has 0 spiro atoms. The number of halogens is 1.